The molecular formula is C13H14N2O2S. The molecule has 1 aromatic carbocycles. The summed E-state index contributed by atoms with van der Waals surface area (Å²) >= 11 is 1.57. The molecule has 0 bridgehead atoms. The zero-order chi connectivity index (χ0) is 12.5. The van der Waals surface area contributed by atoms with Crippen LogP contribution in [0.1, 0.15) is 29.8 Å². The van der Waals surface area contributed by atoms with E-state index in [0.717, 1.165) is 29.2 Å². The second kappa shape index (κ2) is 4.59. The number of benzene rings is 1. The predicted molar refractivity (Wildman–Crippen MR) is 70.0 cm³/mol. The van der Waals surface area contributed by atoms with Crippen molar-refractivity contribution in [2.24, 2.45) is 5.73 Å². The van der Waals surface area contributed by atoms with Crippen LogP contribution in [0.2, 0.25) is 0 Å². The number of aromatic nitrogens is 1. The third-order valence-corrected chi connectivity index (χ3v) is 3.74. The highest BCUT2D eigenvalue weighted by atomic mass is 32.1. The molecule has 1 aliphatic rings. The predicted octanol–water partition coefficient (Wildman–Crippen LogP) is 2.68. The van der Waals surface area contributed by atoms with Gasteiger partial charge in [0.1, 0.15) is 17.6 Å². The van der Waals surface area contributed by atoms with Crippen molar-refractivity contribution >= 4 is 11.3 Å². The first-order valence-electron chi connectivity index (χ1n) is 5.76. The summed E-state index contributed by atoms with van der Waals surface area (Å²) in [5.74, 6) is 1.63. The lowest BCUT2D eigenvalue weighted by Gasteiger charge is -2.29. The van der Waals surface area contributed by atoms with Crippen LogP contribution in [0, 0.1) is 0 Å². The number of fused-ring (bicyclic) bond motifs is 1. The van der Waals surface area contributed by atoms with Crippen molar-refractivity contribution < 1.29 is 9.47 Å². The molecule has 0 saturated heterocycles. The maximum Gasteiger partial charge on any atom is 0.143 e. The number of thiazole rings is 1. The van der Waals surface area contributed by atoms with E-state index >= 15 is 0 Å². The van der Waals surface area contributed by atoms with E-state index in [1.807, 2.05) is 29.1 Å². The van der Waals surface area contributed by atoms with Gasteiger partial charge in [0.2, 0.25) is 0 Å². The Bertz CT molecular complexity index is 542. The van der Waals surface area contributed by atoms with Crippen molar-refractivity contribution in [2.45, 2.75) is 18.6 Å². The quantitative estimate of drug-likeness (QED) is 0.904. The topological polar surface area (TPSA) is 57.4 Å². The summed E-state index contributed by atoms with van der Waals surface area (Å²) in [6.45, 7) is 0. The van der Waals surface area contributed by atoms with Gasteiger partial charge < -0.3 is 15.2 Å². The number of nitrogens with two attached hydrogens (primary N) is 1. The highest BCUT2D eigenvalue weighted by molar-refractivity contribution is 7.07. The Labute approximate surface area is 109 Å². The van der Waals surface area contributed by atoms with E-state index in [0.29, 0.717) is 0 Å². The van der Waals surface area contributed by atoms with E-state index in [-0.39, 0.29) is 12.1 Å². The van der Waals surface area contributed by atoms with Gasteiger partial charge in [-0.1, -0.05) is 0 Å². The zero-order valence-corrected chi connectivity index (χ0v) is 10.8. The minimum absolute atomic E-state index is 0.0458. The van der Waals surface area contributed by atoms with Crippen molar-refractivity contribution in [3.8, 4) is 11.5 Å². The summed E-state index contributed by atoms with van der Waals surface area (Å²) in [5, 5.41) is 2.01. The van der Waals surface area contributed by atoms with E-state index in [9.17, 15) is 0 Å². The molecule has 0 saturated carbocycles. The van der Waals surface area contributed by atoms with E-state index in [4.69, 9.17) is 15.2 Å². The molecule has 0 aliphatic carbocycles. The molecule has 5 heteroatoms. The summed E-state index contributed by atoms with van der Waals surface area (Å²) in [5.41, 5.74) is 9.98. The minimum Gasteiger partial charge on any atom is -0.497 e. The first kappa shape index (κ1) is 11.5. The van der Waals surface area contributed by atoms with Crippen LogP contribution < -0.4 is 15.2 Å². The van der Waals surface area contributed by atoms with Crippen LogP contribution in [0.3, 0.4) is 0 Å². The van der Waals surface area contributed by atoms with Crippen LogP contribution in [0.25, 0.3) is 0 Å². The summed E-state index contributed by atoms with van der Waals surface area (Å²) in [7, 11) is 1.65. The molecule has 18 heavy (non-hydrogen) atoms. The molecule has 0 fully saturated rings. The smallest absolute Gasteiger partial charge is 0.143 e. The molecule has 0 spiro atoms. The van der Waals surface area contributed by atoms with Crippen molar-refractivity contribution in [1.82, 2.24) is 4.98 Å². The van der Waals surface area contributed by atoms with Crippen LogP contribution in [-0.2, 0) is 0 Å². The Balaban J connectivity index is 1.93. The van der Waals surface area contributed by atoms with Gasteiger partial charge in [0.15, 0.2) is 0 Å². The van der Waals surface area contributed by atoms with Gasteiger partial charge in [-0.2, -0.15) is 0 Å². The molecule has 2 N–H and O–H groups in total. The van der Waals surface area contributed by atoms with E-state index < -0.39 is 0 Å². The van der Waals surface area contributed by atoms with Crippen LogP contribution in [0.5, 0.6) is 11.5 Å². The molecule has 2 unspecified atom stereocenters. The number of rotatable bonds is 2. The van der Waals surface area contributed by atoms with Gasteiger partial charge in [0, 0.05) is 23.4 Å². The zero-order valence-electron chi connectivity index (χ0n) is 10.00. The highest BCUT2D eigenvalue weighted by Crippen LogP contribution is 2.40. The number of hydrogen-bond donors (Lipinski definition) is 1. The van der Waals surface area contributed by atoms with Crippen LogP contribution >= 0.6 is 11.3 Å². The summed E-state index contributed by atoms with van der Waals surface area (Å²) in [4.78, 5) is 4.29. The Hall–Kier alpha value is -1.59. The van der Waals surface area contributed by atoms with Gasteiger partial charge >= 0.3 is 0 Å². The van der Waals surface area contributed by atoms with Gasteiger partial charge in [-0.05, 0) is 18.2 Å². The highest BCUT2D eigenvalue weighted by Gasteiger charge is 2.28. The number of ether oxygens (including phenoxy) is 2. The first-order chi connectivity index (χ1) is 8.78. The van der Waals surface area contributed by atoms with Crippen LogP contribution in [0.15, 0.2) is 29.1 Å². The van der Waals surface area contributed by atoms with Crippen molar-refractivity contribution in [1.29, 1.82) is 0 Å². The number of methoxy groups -OCH3 is 1. The molecule has 94 valence electrons. The fourth-order valence-corrected chi connectivity index (χ4v) is 2.77. The third kappa shape index (κ3) is 1.95. The monoisotopic (exact) mass is 262 g/mol. The van der Waals surface area contributed by atoms with Gasteiger partial charge in [0.05, 0.1) is 18.3 Å². The van der Waals surface area contributed by atoms with Crippen LogP contribution in [0.4, 0.5) is 0 Å². The summed E-state index contributed by atoms with van der Waals surface area (Å²) in [6.07, 6.45) is 0.691. The fraction of sp³-hybridized carbons (Fsp3) is 0.308. The molecule has 1 aromatic heterocycles. The lowest BCUT2D eigenvalue weighted by Crippen LogP contribution is -2.24. The second-order valence-corrected chi connectivity index (χ2v) is 4.98. The van der Waals surface area contributed by atoms with Gasteiger partial charge in [-0.15, -0.1) is 11.3 Å². The minimum atomic E-state index is -0.0489. The standard InChI is InChI=1S/C13H14N2O2S/c1-16-8-2-3-12-9(4-8)10(14)5-13(17-12)11-6-18-7-15-11/h2-4,6-7,10,13H,5,14H2,1H3. The average Bonchev–Trinajstić information content (AvgIpc) is 2.92. The SMILES string of the molecule is COc1ccc2c(c1)C(N)CC(c1cscn1)O2. The first-order valence-corrected chi connectivity index (χ1v) is 6.70. The maximum absolute atomic E-state index is 6.21. The summed E-state index contributed by atoms with van der Waals surface area (Å²) in [6, 6.07) is 5.69. The third-order valence-electron chi connectivity index (χ3n) is 3.13. The molecular weight excluding hydrogens is 248 g/mol. The van der Waals surface area contributed by atoms with Crippen molar-refractivity contribution in [2.75, 3.05) is 7.11 Å². The van der Waals surface area contributed by atoms with Crippen molar-refractivity contribution in [3.63, 3.8) is 0 Å². The number of hydrogen-bond acceptors (Lipinski definition) is 5. The Morgan fingerprint density at radius 2 is 2.39 bits per heavy atom. The Morgan fingerprint density at radius 1 is 1.50 bits per heavy atom. The fourth-order valence-electron chi connectivity index (χ4n) is 2.17. The Morgan fingerprint density at radius 3 is 3.11 bits per heavy atom. The maximum atomic E-state index is 6.21. The van der Waals surface area contributed by atoms with E-state index in [1.165, 1.54) is 0 Å². The van der Waals surface area contributed by atoms with Gasteiger partial charge in [-0.25, -0.2) is 4.98 Å². The molecule has 4 nitrogen and oxygen atoms in total. The van der Waals surface area contributed by atoms with E-state index in [1.54, 1.807) is 18.4 Å². The lowest BCUT2D eigenvalue weighted by molar-refractivity contribution is 0.157. The molecule has 1 aliphatic heterocycles. The molecule has 3 rings (SSSR count). The van der Waals surface area contributed by atoms with Crippen LogP contribution in [-0.4, -0.2) is 12.1 Å². The molecule has 0 radical (unpaired) electrons. The largest absolute Gasteiger partial charge is 0.497 e. The lowest BCUT2D eigenvalue weighted by atomic mass is 9.96. The second-order valence-electron chi connectivity index (χ2n) is 4.27. The molecule has 0 amide bonds. The normalized spacial score (nSPS) is 22.1. The summed E-state index contributed by atoms with van der Waals surface area (Å²) < 4.78 is 11.2. The van der Waals surface area contributed by atoms with Gasteiger partial charge in [-0.3, -0.25) is 0 Å². The molecule has 2 heterocycles. The Kier molecular flexibility index (Phi) is 2.93. The van der Waals surface area contributed by atoms with Crippen molar-refractivity contribution in [3.05, 3.63) is 40.3 Å². The van der Waals surface area contributed by atoms with E-state index in [2.05, 4.69) is 4.98 Å². The average molecular weight is 262 g/mol. The van der Waals surface area contributed by atoms with Gasteiger partial charge in [0.25, 0.3) is 0 Å². The molecule has 2 atom stereocenters. The number of nitrogens with zero attached hydrogens (tertiary/aromatic N) is 1. The molecule has 2 aromatic rings.